The summed E-state index contributed by atoms with van der Waals surface area (Å²) in [5, 5.41) is 7.47. The van der Waals surface area contributed by atoms with Gasteiger partial charge in [-0.2, -0.15) is 0 Å². The summed E-state index contributed by atoms with van der Waals surface area (Å²) >= 11 is 3.50. The number of nitrogens with zero attached hydrogens (tertiary/aromatic N) is 3. The third-order valence-corrected chi connectivity index (χ3v) is 5.95. The highest BCUT2D eigenvalue weighted by molar-refractivity contribution is 7.19. The Balaban J connectivity index is 1.72. The lowest BCUT2D eigenvalue weighted by Crippen LogP contribution is -2.17. The van der Waals surface area contributed by atoms with Gasteiger partial charge in [-0.1, -0.05) is 11.3 Å². The summed E-state index contributed by atoms with van der Waals surface area (Å²) in [6, 6.07) is 0. The van der Waals surface area contributed by atoms with Crippen molar-refractivity contribution in [2.75, 3.05) is 30.4 Å². The van der Waals surface area contributed by atoms with Crippen LogP contribution in [0.15, 0.2) is 5.38 Å². The predicted octanol–water partition coefficient (Wildman–Crippen LogP) is 3.79. The molecule has 20 heavy (non-hydrogen) atoms. The van der Waals surface area contributed by atoms with E-state index in [2.05, 4.69) is 20.6 Å². The van der Waals surface area contributed by atoms with Gasteiger partial charge in [-0.3, -0.25) is 0 Å². The quantitative estimate of drug-likeness (QED) is 0.933. The Hall–Kier alpha value is -1.14. The van der Waals surface area contributed by atoms with E-state index < -0.39 is 0 Å². The number of hydrogen-bond donors (Lipinski definition) is 1. The minimum atomic E-state index is 0.678. The molecule has 1 aliphatic carbocycles. The van der Waals surface area contributed by atoms with Gasteiger partial charge in [-0.25, -0.2) is 9.97 Å². The maximum absolute atomic E-state index is 4.95. The van der Waals surface area contributed by atoms with Gasteiger partial charge in [0, 0.05) is 31.4 Å². The summed E-state index contributed by atoms with van der Waals surface area (Å²) in [4.78, 5) is 13.4. The molecule has 0 radical (unpaired) electrons. The highest BCUT2D eigenvalue weighted by Gasteiger charge is 2.32. The predicted molar refractivity (Wildman–Crippen MR) is 86.2 cm³/mol. The second kappa shape index (κ2) is 5.00. The first-order valence-corrected chi connectivity index (χ1v) is 8.94. The molecule has 1 aliphatic heterocycles. The van der Waals surface area contributed by atoms with Gasteiger partial charge in [0.15, 0.2) is 10.3 Å². The third kappa shape index (κ3) is 2.20. The Bertz CT molecular complexity index is 608. The second-order valence-electron chi connectivity index (χ2n) is 5.47. The van der Waals surface area contributed by atoms with Crippen molar-refractivity contribution in [3.63, 3.8) is 0 Å². The topological polar surface area (TPSA) is 41.1 Å². The number of aromatic nitrogens is 2. The molecule has 0 aromatic carbocycles. The maximum Gasteiger partial charge on any atom is 0.186 e. The molecular formula is C14H18N4S2. The zero-order valence-corrected chi connectivity index (χ0v) is 13.2. The number of hydrogen-bond acceptors (Lipinski definition) is 6. The van der Waals surface area contributed by atoms with Crippen LogP contribution in [0.1, 0.15) is 37.3 Å². The van der Waals surface area contributed by atoms with E-state index in [1.165, 1.54) is 41.4 Å². The van der Waals surface area contributed by atoms with Crippen LogP contribution in [0, 0.1) is 0 Å². The highest BCUT2D eigenvalue weighted by atomic mass is 32.1. The molecule has 0 bridgehead atoms. The van der Waals surface area contributed by atoms with Crippen LogP contribution < -0.4 is 10.2 Å². The van der Waals surface area contributed by atoms with Crippen molar-refractivity contribution in [3.8, 4) is 10.6 Å². The minimum absolute atomic E-state index is 0.678. The van der Waals surface area contributed by atoms with Crippen molar-refractivity contribution in [2.45, 2.75) is 31.6 Å². The van der Waals surface area contributed by atoms with Gasteiger partial charge in [0.25, 0.3) is 0 Å². The molecule has 2 aromatic heterocycles. The first-order valence-electron chi connectivity index (χ1n) is 7.24. The Kier molecular flexibility index (Phi) is 3.15. The molecule has 6 heteroatoms. The summed E-state index contributed by atoms with van der Waals surface area (Å²) in [7, 11) is 1.92. The van der Waals surface area contributed by atoms with Crippen molar-refractivity contribution < 1.29 is 0 Å². The summed E-state index contributed by atoms with van der Waals surface area (Å²) in [5.74, 6) is 0.678. The molecule has 0 amide bonds. The number of thiazole rings is 2. The van der Waals surface area contributed by atoms with Crippen LogP contribution in [-0.2, 0) is 0 Å². The molecule has 0 unspecified atom stereocenters. The number of anilines is 2. The maximum atomic E-state index is 4.95. The molecule has 2 aromatic rings. The van der Waals surface area contributed by atoms with Crippen molar-refractivity contribution in [2.24, 2.45) is 0 Å². The SMILES string of the molecule is CNc1nc(-c2sc(N3CCCC3)nc2C2CC2)cs1. The second-order valence-corrected chi connectivity index (χ2v) is 7.30. The monoisotopic (exact) mass is 306 g/mol. The number of rotatable bonds is 4. The summed E-state index contributed by atoms with van der Waals surface area (Å²) in [5.41, 5.74) is 2.40. The van der Waals surface area contributed by atoms with Crippen LogP contribution in [0.3, 0.4) is 0 Å². The van der Waals surface area contributed by atoms with E-state index in [9.17, 15) is 0 Å². The Morgan fingerprint density at radius 1 is 1.25 bits per heavy atom. The molecule has 4 rings (SSSR count). The molecule has 106 valence electrons. The van der Waals surface area contributed by atoms with Gasteiger partial charge < -0.3 is 10.2 Å². The Morgan fingerprint density at radius 2 is 2.05 bits per heavy atom. The normalized spacial score (nSPS) is 18.8. The van der Waals surface area contributed by atoms with Crippen LogP contribution in [0.5, 0.6) is 0 Å². The van der Waals surface area contributed by atoms with Crippen LogP contribution >= 0.6 is 22.7 Å². The molecule has 2 aliphatic rings. The van der Waals surface area contributed by atoms with Crippen molar-refractivity contribution in [1.29, 1.82) is 0 Å². The molecule has 2 fully saturated rings. The molecular weight excluding hydrogens is 288 g/mol. The molecule has 4 nitrogen and oxygen atoms in total. The molecule has 0 spiro atoms. The van der Waals surface area contributed by atoms with Crippen LogP contribution in [0.2, 0.25) is 0 Å². The fourth-order valence-electron chi connectivity index (χ4n) is 2.67. The average Bonchev–Trinajstić information content (AvgIpc) is 2.92. The van der Waals surface area contributed by atoms with Crippen LogP contribution in [0.25, 0.3) is 10.6 Å². The lowest BCUT2D eigenvalue weighted by atomic mass is 10.2. The lowest BCUT2D eigenvalue weighted by Gasteiger charge is -2.12. The summed E-state index contributed by atoms with van der Waals surface area (Å²) in [6.07, 6.45) is 5.18. The van der Waals surface area contributed by atoms with Crippen molar-refractivity contribution >= 4 is 32.9 Å². The van der Waals surface area contributed by atoms with E-state index in [-0.39, 0.29) is 0 Å². The summed E-state index contributed by atoms with van der Waals surface area (Å²) < 4.78 is 0. The molecule has 1 saturated carbocycles. The number of nitrogens with one attached hydrogen (secondary N) is 1. The summed E-state index contributed by atoms with van der Waals surface area (Å²) in [6.45, 7) is 2.33. The van der Waals surface area contributed by atoms with Gasteiger partial charge >= 0.3 is 0 Å². The smallest absolute Gasteiger partial charge is 0.186 e. The van der Waals surface area contributed by atoms with Gasteiger partial charge in [0.1, 0.15) is 0 Å². The van der Waals surface area contributed by atoms with E-state index in [0.29, 0.717) is 5.92 Å². The third-order valence-electron chi connectivity index (χ3n) is 3.93. The largest absolute Gasteiger partial charge is 0.365 e. The van der Waals surface area contributed by atoms with Crippen molar-refractivity contribution in [1.82, 2.24) is 9.97 Å². The van der Waals surface area contributed by atoms with Gasteiger partial charge in [-0.15, -0.1) is 11.3 Å². The fraction of sp³-hybridized carbons (Fsp3) is 0.571. The fourth-order valence-corrected chi connectivity index (χ4v) is 4.58. The van der Waals surface area contributed by atoms with Gasteiger partial charge in [0.05, 0.1) is 16.3 Å². The highest BCUT2D eigenvalue weighted by Crippen LogP contribution is 2.48. The van der Waals surface area contributed by atoms with Gasteiger partial charge in [-0.05, 0) is 25.7 Å². The molecule has 0 atom stereocenters. The first-order chi connectivity index (χ1) is 9.85. The van der Waals surface area contributed by atoms with Crippen LogP contribution in [-0.4, -0.2) is 30.1 Å². The average molecular weight is 306 g/mol. The van der Waals surface area contributed by atoms with Crippen LogP contribution in [0.4, 0.5) is 10.3 Å². The van der Waals surface area contributed by atoms with Crippen molar-refractivity contribution in [3.05, 3.63) is 11.1 Å². The molecule has 3 heterocycles. The van der Waals surface area contributed by atoms with E-state index in [4.69, 9.17) is 4.98 Å². The minimum Gasteiger partial charge on any atom is -0.365 e. The Morgan fingerprint density at radius 3 is 2.70 bits per heavy atom. The zero-order valence-electron chi connectivity index (χ0n) is 11.6. The zero-order chi connectivity index (χ0) is 13.5. The van der Waals surface area contributed by atoms with E-state index in [1.54, 1.807) is 11.3 Å². The van der Waals surface area contributed by atoms with E-state index >= 15 is 0 Å². The van der Waals surface area contributed by atoms with E-state index in [0.717, 1.165) is 23.9 Å². The van der Waals surface area contributed by atoms with Gasteiger partial charge in [0.2, 0.25) is 0 Å². The lowest BCUT2D eigenvalue weighted by molar-refractivity contribution is 0.938. The molecule has 1 N–H and O–H groups in total. The molecule has 1 saturated heterocycles. The first kappa shape index (κ1) is 12.6. The van der Waals surface area contributed by atoms with E-state index in [1.807, 2.05) is 18.4 Å². The standard InChI is InChI=1S/C14H18N4S2/c1-15-13-16-10(8-19-13)12-11(9-4-5-9)17-14(20-12)18-6-2-3-7-18/h8-9H,2-7H2,1H3,(H,15,16). The Labute approximate surface area is 126 Å².